The maximum Gasteiger partial charge on any atom is 0.270 e. The number of benzene rings is 1. The van der Waals surface area contributed by atoms with E-state index in [0.717, 1.165) is 6.42 Å². The van der Waals surface area contributed by atoms with Crippen LogP contribution in [0.5, 0.6) is 0 Å². The number of nitrogens with zero attached hydrogens (tertiary/aromatic N) is 2. The zero-order valence-corrected chi connectivity index (χ0v) is 10.7. The smallest absolute Gasteiger partial charge is 0.270 e. The van der Waals surface area contributed by atoms with Crippen molar-refractivity contribution >= 4 is 23.2 Å². The molecule has 0 bridgehead atoms. The largest absolute Gasteiger partial charge is 0.338 e. The van der Waals surface area contributed by atoms with Crippen molar-refractivity contribution in [2.45, 2.75) is 13.3 Å². The number of hydrogen-bond donors (Lipinski definition) is 0. The molecule has 1 aromatic rings. The normalized spacial score (nSPS) is 19.0. The molecule has 1 aromatic carbocycles. The Hall–Kier alpha value is -1.62. The Bertz CT molecular complexity index is 504. The van der Waals surface area contributed by atoms with Crippen LogP contribution in [0.15, 0.2) is 18.2 Å². The van der Waals surface area contributed by atoms with Crippen molar-refractivity contribution in [3.05, 3.63) is 38.9 Å². The third-order valence-corrected chi connectivity index (χ3v) is 3.42. The lowest BCUT2D eigenvalue weighted by molar-refractivity contribution is -0.384. The molecule has 6 heteroatoms. The van der Waals surface area contributed by atoms with Crippen molar-refractivity contribution in [2.75, 3.05) is 13.1 Å². The van der Waals surface area contributed by atoms with Gasteiger partial charge in [0.25, 0.3) is 11.6 Å². The maximum atomic E-state index is 12.2. The number of carbonyl (C=O) groups excluding carboxylic acids is 1. The van der Waals surface area contributed by atoms with E-state index in [4.69, 9.17) is 11.6 Å². The van der Waals surface area contributed by atoms with Gasteiger partial charge < -0.3 is 4.90 Å². The van der Waals surface area contributed by atoms with Gasteiger partial charge in [-0.05, 0) is 18.4 Å². The Balaban J connectivity index is 2.23. The average Bonchev–Trinajstić information content (AvgIpc) is 2.74. The van der Waals surface area contributed by atoms with Crippen molar-refractivity contribution in [1.29, 1.82) is 0 Å². The van der Waals surface area contributed by atoms with E-state index < -0.39 is 4.92 Å². The molecule has 96 valence electrons. The highest BCUT2D eigenvalue weighted by Crippen LogP contribution is 2.25. The van der Waals surface area contributed by atoms with Crippen LogP contribution in [0, 0.1) is 16.0 Å². The number of nitro groups is 1. The summed E-state index contributed by atoms with van der Waals surface area (Å²) < 4.78 is 0. The Morgan fingerprint density at radius 3 is 2.78 bits per heavy atom. The summed E-state index contributed by atoms with van der Waals surface area (Å²) in [5.41, 5.74) is 0.225. The van der Waals surface area contributed by atoms with Crippen molar-refractivity contribution in [2.24, 2.45) is 5.92 Å². The van der Waals surface area contributed by atoms with Gasteiger partial charge in [0.2, 0.25) is 0 Å². The van der Waals surface area contributed by atoms with Crippen molar-refractivity contribution in [1.82, 2.24) is 4.90 Å². The van der Waals surface area contributed by atoms with E-state index in [2.05, 4.69) is 6.92 Å². The Labute approximate surface area is 109 Å². The van der Waals surface area contributed by atoms with Gasteiger partial charge in [0.15, 0.2) is 0 Å². The molecule has 1 heterocycles. The van der Waals surface area contributed by atoms with Crippen LogP contribution < -0.4 is 0 Å². The summed E-state index contributed by atoms with van der Waals surface area (Å²) in [6.07, 6.45) is 0.982. The van der Waals surface area contributed by atoms with Crippen molar-refractivity contribution < 1.29 is 9.72 Å². The quantitative estimate of drug-likeness (QED) is 0.612. The van der Waals surface area contributed by atoms with Crippen LogP contribution in [0.1, 0.15) is 23.7 Å². The molecule has 18 heavy (non-hydrogen) atoms. The van der Waals surface area contributed by atoms with Gasteiger partial charge in [0, 0.05) is 25.2 Å². The first-order chi connectivity index (χ1) is 8.49. The van der Waals surface area contributed by atoms with Gasteiger partial charge in [0.05, 0.1) is 15.5 Å². The zero-order chi connectivity index (χ0) is 13.3. The van der Waals surface area contributed by atoms with E-state index in [9.17, 15) is 14.9 Å². The summed E-state index contributed by atoms with van der Waals surface area (Å²) in [7, 11) is 0. The highest BCUT2D eigenvalue weighted by Gasteiger charge is 2.26. The first kappa shape index (κ1) is 12.8. The predicted molar refractivity (Wildman–Crippen MR) is 67.8 cm³/mol. The zero-order valence-electron chi connectivity index (χ0n) is 9.93. The van der Waals surface area contributed by atoms with Gasteiger partial charge in [-0.25, -0.2) is 0 Å². The lowest BCUT2D eigenvalue weighted by Crippen LogP contribution is -2.28. The molecule has 5 nitrogen and oxygen atoms in total. The summed E-state index contributed by atoms with van der Waals surface area (Å²) in [5.74, 6) is 0.338. The number of nitro benzene ring substituents is 1. The SMILES string of the molecule is CC1CCN(C(=O)c2ccc([N+](=O)[O-])cc2Cl)C1. The molecule has 1 fully saturated rings. The lowest BCUT2D eigenvalue weighted by atomic mass is 10.1. The van der Waals surface area contributed by atoms with E-state index in [0.29, 0.717) is 24.6 Å². The van der Waals surface area contributed by atoms with Gasteiger partial charge in [0.1, 0.15) is 0 Å². The van der Waals surface area contributed by atoms with E-state index in [-0.39, 0.29) is 16.6 Å². The number of amides is 1. The minimum atomic E-state index is -0.530. The van der Waals surface area contributed by atoms with Crippen LogP contribution in [-0.4, -0.2) is 28.8 Å². The molecule has 0 saturated carbocycles. The van der Waals surface area contributed by atoms with Crippen LogP contribution in [0.3, 0.4) is 0 Å². The summed E-state index contributed by atoms with van der Waals surface area (Å²) in [4.78, 5) is 24.0. The number of rotatable bonds is 2. The Morgan fingerprint density at radius 2 is 2.28 bits per heavy atom. The van der Waals surface area contributed by atoms with Crippen LogP contribution in [0.25, 0.3) is 0 Å². The first-order valence-electron chi connectivity index (χ1n) is 5.72. The molecule has 0 aromatic heterocycles. The summed E-state index contributed by atoms with van der Waals surface area (Å²) in [5, 5.41) is 10.7. The molecular weight excluding hydrogens is 256 g/mol. The summed E-state index contributed by atoms with van der Waals surface area (Å²) >= 11 is 5.93. The number of halogens is 1. The topological polar surface area (TPSA) is 63.5 Å². The highest BCUT2D eigenvalue weighted by atomic mass is 35.5. The molecule has 1 aliphatic heterocycles. The molecule has 1 aliphatic rings. The van der Waals surface area contributed by atoms with Crippen LogP contribution in [0.2, 0.25) is 5.02 Å². The van der Waals surface area contributed by atoms with E-state index in [1.807, 2.05) is 0 Å². The van der Waals surface area contributed by atoms with Gasteiger partial charge >= 0.3 is 0 Å². The second-order valence-corrected chi connectivity index (χ2v) is 4.97. The average molecular weight is 269 g/mol. The fourth-order valence-corrected chi connectivity index (χ4v) is 2.34. The minimum Gasteiger partial charge on any atom is -0.338 e. The van der Waals surface area contributed by atoms with Crippen LogP contribution in [0.4, 0.5) is 5.69 Å². The molecule has 1 saturated heterocycles. The number of likely N-dealkylation sites (tertiary alicyclic amines) is 1. The van der Waals surface area contributed by atoms with Crippen molar-refractivity contribution in [3.8, 4) is 0 Å². The van der Waals surface area contributed by atoms with Gasteiger partial charge in [-0.1, -0.05) is 18.5 Å². The molecule has 0 radical (unpaired) electrons. The molecule has 0 N–H and O–H groups in total. The van der Waals surface area contributed by atoms with E-state index in [1.165, 1.54) is 18.2 Å². The fraction of sp³-hybridized carbons (Fsp3) is 0.417. The second-order valence-electron chi connectivity index (χ2n) is 4.57. The highest BCUT2D eigenvalue weighted by molar-refractivity contribution is 6.34. The fourth-order valence-electron chi connectivity index (χ4n) is 2.08. The van der Waals surface area contributed by atoms with Gasteiger partial charge in [-0.3, -0.25) is 14.9 Å². The third kappa shape index (κ3) is 2.46. The van der Waals surface area contributed by atoms with Gasteiger partial charge in [-0.2, -0.15) is 0 Å². The Morgan fingerprint density at radius 1 is 1.56 bits per heavy atom. The molecule has 2 rings (SSSR count). The summed E-state index contributed by atoms with van der Waals surface area (Å²) in [6.45, 7) is 3.52. The van der Waals surface area contributed by atoms with Crippen LogP contribution in [-0.2, 0) is 0 Å². The molecule has 0 spiro atoms. The first-order valence-corrected chi connectivity index (χ1v) is 6.10. The number of hydrogen-bond acceptors (Lipinski definition) is 3. The second kappa shape index (κ2) is 4.94. The van der Waals surface area contributed by atoms with E-state index in [1.54, 1.807) is 4.90 Å². The van der Waals surface area contributed by atoms with E-state index >= 15 is 0 Å². The molecule has 1 unspecified atom stereocenters. The molecule has 1 amide bonds. The molecule has 1 atom stereocenters. The Kier molecular flexibility index (Phi) is 3.52. The standard InChI is InChI=1S/C12H13ClN2O3/c1-8-4-5-14(7-8)12(16)10-3-2-9(15(17)18)6-11(10)13/h2-3,6,8H,4-5,7H2,1H3. The predicted octanol–water partition coefficient (Wildman–Crippen LogP) is 2.73. The number of carbonyl (C=O) groups is 1. The van der Waals surface area contributed by atoms with Gasteiger partial charge in [-0.15, -0.1) is 0 Å². The van der Waals surface area contributed by atoms with Crippen molar-refractivity contribution in [3.63, 3.8) is 0 Å². The third-order valence-electron chi connectivity index (χ3n) is 3.10. The molecular formula is C12H13ClN2O3. The maximum absolute atomic E-state index is 12.2. The minimum absolute atomic E-state index is 0.105. The summed E-state index contributed by atoms with van der Waals surface area (Å²) in [6, 6.07) is 3.94. The van der Waals surface area contributed by atoms with Crippen LogP contribution >= 0.6 is 11.6 Å². The molecule has 0 aliphatic carbocycles. The number of non-ortho nitro benzene ring substituents is 1. The lowest BCUT2D eigenvalue weighted by Gasteiger charge is -2.16. The monoisotopic (exact) mass is 268 g/mol.